The Kier molecular flexibility index (Phi) is 4.29. The van der Waals surface area contributed by atoms with E-state index in [0.717, 1.165) is 5.56 Å². The number of hydrogen-bond donors (Lipinski definition) is 2. The van der Waals surface area contributed by atoms with Crippen LogP contribution in [-0.2, 0) is 20.9 Å². The van der Waals surface area contributed by atoms with Gasteiger partial charge in [-0.3, -0.25) is 14.9 Å². The van der Waals surface area contributed by atoms with Crippen molar-refractivity contribution in [3.63, 3.8) is 0 Å². The van der Waals surface area contributed by atoms with Gasteiger partial charge in [0.25, 0.3) is 5.91 Å². The van der Waals surface area contributed by atoms with Crippen molar-refractivity contribution >= 4 is 17.8 Å². The Bertz CT molecular complexity index is 609. The van der Waals surface area contributed by atoms with E-state index in [2.05, 4.69) is 10.6 Å². The van der Waals surface area contributed by atoms with Crippen molar-refractivity contribution in [2.75, 3.05) is 19.7 Å². The number of ether oxygens (including phenoxy) is 1. The van der Waals surface area contributed by atoms with E-state index in [0.29, 0.717) is 32.5 Å². The number of nitrogens with one attached hydrogen (secondary N) is 2. The summed E-state index contributed by atoms with van der Waals surface area (Å²) < 4.78 is 5.45. The molecule has 2 N–H and O–H groups in total. The largest absolute Gasteiger partial charge is 0.367 e. The zero-order valence-electron chi connectivity index (χ0n) is 12.7. The lowest BCUT2D eigenvalue weighted by Gasteiger charge is -2.36. The van der Waals surface area contributed by atoms with Gasteiger partial charge in [0.05, 0.1) is 6.61 Å². The number of urea groups is 1. The molecule has 122 valence electrons. The molecule has 1 aromatic carbocycles. The summed E-state index contributed by atoms with van der Waals surface area (Å²) in [6.07, 6.45) is 0.851. The Morgan fingerprint density at radius 3 is 2.48 bits per heavy atom. The quantitative estimate of drug-likeness (QED) is 0.787. The number of carbonyl (C=O) groups excluding carboxylic acids is 3. The monoisotopic (exact) mass is 317 g/mol. The van der Waals surface area contributed by atoms with Crippen LogP contribution in [0, 0.1) is 0 Å². The fraction of sp³-hybridized carbons (Fsp3) is 0.438. The molecule has 2 aliphatic rings. The number of nitrogens with zero attached hydrogens (tertiary/aromatic N) is 1. The molecule has 0 saturated carbocycles. The van der Waals surface area contributed by atoms with Gasteiger partial charge in [0.1, 0.15) is 12.1 Å². The first kappa shape index (κ1) is 15.5. The maximum atomic E-state index is 12.2. The van der Waals surface area contributed by atoms with E-state index in [-0.39, 0.29) is 18.4 Å². The summed E-state index contributed by atoms with van der Waals surface area (Å²) >= 11 is 0. The summed E-state index contributed by atoms with van der Waals surface area (Å²) in [5, 5.41) is 4.93. The first-order valence-corrected chi connectivity index (χ1v) is 7.62. The van der Waals surface area contributed by atoms with Gasteiger partial charge in [0, 0.05) is 13.1 Å². The minimum absolute atomic E-state index is 0.0143. The van der Waals surface area contributed by atoms with Gasteiger partial charge in [-0.25, -0.2) is 4.79 Å². The van der Waals surface area contributed by atoms with E-state index >= 15 is 0 Å². The second-order valence-electron chi connectivity index (χ2n) is 5.85. The molecule has 1 spiro atoms. The van der Waals surface area contributed by atoms with Crippen LogP contribution in [0.1, 0.15) is 18.4 Å². The van der Waals surface area contributed by atoms with Crippen LogP contribution < -0.4 is 10.6 Å². The lowest BCUT2D eigenvalue weighted by Crippen LogP contribution is -2.56. The third kappa shape index (κ3) is 3.34. The van der Waals surface area contributed by atoms with Crippen LogP contribution in [0.2, 0.25) is 0 Å². The zero-order valence-corrected chi connectivity index (χ0v) is 12.7. The van der Waals surface area contributed by atoms with Crippen molar-refractivity contribution in [3.05, 3.63) is 35.9 Å². The van der Waals surface area contributed by atoms with Crippen molar-refractivity contribution in [2.45, 2.75) is 25.0 Å². The summed E-state index contributed by atoms with van der Waals surface area (Å²) in [6.45, 7) is 1.27. The molecule has 2 fully saturated rings. The Hall–Kier alpha value is -2.41. The SMILES string of the molecule is O=C1NC(=O)C2(CCN(C(=O)COCc3ccccc3)CC2)N1. The van der Waals surface area contributed by atoms with E-state index in [1.165, 1.54) is 0 Å². The van der Waals surface area contributed by atoms with Gasteiger partial charge >= 0.3 is 6.03 Å². The van der Waals surface area contributed by atoms with Gasteiger partial charge in [-0.2, -0.15) is 0 Å². The maximum Gasteiger partial charge on any atom is 0.322 e. The zero-order chi connectivity index (χ0) is 16.3. The minimum atomic E-state index is -0.848. The summed E-state index contributed by atoms with van der Waals surface area (Å²) in [5.74, 6) is -0.393. The molecule has 0 unspecified atom stereocenters. The molecule has 2 saturated heterocycles. The summed E-state index contributed by atoms with van der Waals surface area (Å²) in [5.41, 5.74) is 0.168. The van der Waals surface area contributed by atoms with Crippen LogP contribution in [0.25, 0.3) is 0 Å². The van der Waals surface area contributed by atoms with E-state index in [9.17, 15) is 14.4 Å². The van der Waals surface area contributed by atoms with Crippen molar-refractivity contribution in [2.24, 2.45) is 0 Å². The van der Waals surface area contributed by atoms with Crippen molar-refractivity contribution in [1.29, 1.82) is 0 Å². The van der Waals surface area contributed by atoms with Crippen LogP contribution in [0.5, 0.6) is 0 Å². The molecule has 0 atom stereocenters. The number of likely N-dealkylation sites (tertiary alicyclic amines) is 1. The lowest BCUT2D eigenvalue weighted by atomic mass is 9.88. The maximum absolute atomic E-state index is 12.2. The second-order valence-corrected chi connectivity index (χ2v) is 5.85. The highest BCUT2D eigenvalue weighted by Crippen LogP contribution is 2.25. The standard InChI is InChI=1S/C16H19N3O4/c20-13(11-23-10-12-4-2-1-3-5-12)19-8-6-16(7-9-19)14(21)17-15(22)18-16/h1-5H,6-11H2,(H2,17,18,21,22). The molecule has 1 aromatic rings. The van der Waals surface area contributed by atoms with Gasteiger partial charge in [0.15, 0.2) is 0 Å². The summed E-state index contributed by atoms with van der Waals surface area (Å²) in [6, 6.07) is 9.20. The molecule has 2 heterocycles. The smallest absolute Gasteiger partial charge is 0.322 e. The predicted molar refractivity (Wildman–Crippen MR) is 81.3 cm³/mol. The Balaban J connectivity index is 1.45. The molecular weight excluding hydrogens is 298 g/mol. The molecule has 4 amide bonds. The fourth-order valence-electron chi connectivity index (χ4n) is 2.94. The molecule has 23 heavy (non-hydrogen) atoms. The van der Waals surface area contributed by atoms with E-state index in [4.69, 9.17) is 4.74 Å². The molecule has 0 aromatic heterocycles. The summed E-state index contributed by atoms with van der Waals surface area (Å²) in [4.78, 5) is 36.9. The summed E-state index contributed by atoms with van der Waals surface area (Å²) in [7, 11) is 0. The predicted octanol–water partition coefficient (Wildman–Crippen LogP) is 0.404. The molecule has 0 aliphatic carbocycles. The molecule has 2 aliphatic heterocycles. The average Bonchev–Trinajstić information content (AvgIpc) is 2.82. The normalized spacial score (nSPS) is 19.6. The average molecular weight is 317 g/mol. The second kappa shape index (κ2) is 6.37. The molecule has 3 rings (SSSR count). The van der Waals surface area contributed by atoms with Gasteiger partial charge in [-0.1, -0.05) is 30.3 Å². The molecule has 0 bridgehead atoms. The number of rotatable bonds is 4. The number of amides is 4. The van der Waals surface area contributed by atoms with Gasteiger partial charge in [-0.15, -0.1) is 0 Å². The number of carbonyl (C=O) groups is 3. The number of imide groups is 1. The van der Waals surface area contributed by atoms with Gasteiger partial charge in [0.2, 0.25) is 5.91 Å². The highest BCUT2D eigenvalue weighted by molar-refractivity contribution is 6.07. The number of benzene rings is 1. The molecule has 7 nitrogen and oxygen atoms in total. The van der Waals surface area contributed by atoms with Crippen molar-refractivity contribution in [3.8, 4) is 0 Å². The highest BCUT2D eigenvalue weighted by Gasteiger charge is 2.48. The Labute approximate surface area is 134 Å². The molecular formula is C16H19N3O4. The third-order valence-electron chi connectivity index (χ3n) is 4.32. The van der Waals surface area contributed by atoms with Crippen molar-refractivity contribution < 1.29 is 19.1 Å². The first-order chi connectivity index (χ1) is 11.1. The fourth-order valence-corrected chi connectivity index (χ4v) is 2.94. The van der Waals surface area contributed by atoms with Crippen LogP contribution in [0.15, 0.2) is 30.3 Å². The highest BCUT2D eigenvalue weighted by atomic mass is 16.5. The first-order valence-electron chi connectivity index (χ1n) is 7.62. The van der Waals surface area contributed by atoms with Crippen LogP contribution in [0.3, 0.4) is 0 Å². The Morgan fingerprint density at radius 2 is 1.87 bits per heavy atom. The van der Waals surface area contributed by atoms with Crippen LogP contribution in [-0.4, -0.2) is 48.0 Å². The lowest BCUT2D eigenvalue weighted by molar-refractivity contribution is -0.140. The number of piperidine rings is 1. The van der Waals surface area contributed by atoms with Gasteiger partial charge in [-0.05, 0) is 18.4 Å². The Morgan fingerprint density at radius 1 is 1.17 bits per heavy atom. The third-order valence-corrected chi connectivity index (χ3v) is 4.32. The molecule has 7 heteroatoms. The minimum Gasteiger partial charge on any atom is -0.367 e. The van der Waals surface area contributed by atoms with Crippen molar-refractivity contribution in [1.82, 2.24) is 15.5 Å². The van der Waals surface area contributed by atoms with Crippen LogP contribution in [0.4, 0.5) is 4.79 Å². The number of hydrogen-bond acceptors (Lipinski definition) is 4. The van der Waals surface area contributed by atoms with E-state index in [1.807, 2.05) is 30.3 Å². The van der Waals surface area contributed by atoms with Crippen LogP contribution >= 0.6 is 0 Å². The van der Waals surface area contributed by atoms with E-state index < -0.39 is 11.6 Å². The molecule has 0 radical (unpaired) electrons. The topological polar surface area (TPSA) is 87.7 Å². The van der Waals surface area contributed by atoms with E-state index in [1.54, 1.807) is 4.90 Å². The van der Waals surface area contributed by atoms with Gasteiger partial charge < -0.3 is 15.0 Å².